The predicted molar refractivity (Wildman–Crippen MR) is 81.4 cm³/mol. The van der Waals surface area contributed by atoms with E-state index >= 15 is 0 Å². The molecular weight excluding hydrogens is 266 g/mol. The van der Waals surface area contributed by atoms with Gasteiger partial charge in [0, 0.05) is 19.5 Å². The van der Waals surface area contributed by atoms with Crippen molar-refractivity contribution >= 4 is 0 Å². The molecule has 6 heteroatoms. The smallest absolute Gasteiger partial charge is 0.168 e. The molecule has 1 N–H and O–H groups in total. The molecule has 2 aromatic rings. The van der Waals surface area contributed by atoms with Crippen LogP contribution in [0.15, 0.2) is 18.6 Å². The van der Waals surface area contributed by atoms with Gasteiger partial charge < -0.3 is 10.1 Å². The van der Waals surface area contributed by atoms with Crippen molar-refractivity contribution in [2.75, 3.05) is 6.54 Å². The second kappa shape index (κ2) is 7.17. The fraction of sp³-hybridized carbons (Fsp3) is 0.533. The topological polar surface area (TPSA) is 64.9 Å². The highest BCUT2D eigenvalue weighted by molar-refractivity contribution is 5.30. The SMILES string of the molecule is CCCNCc1nc(C(C)C)ncc1Oc1cnn(C)c1. The Labute approximate surface area is 125 Å². The van der Waals surface area contributed by atoms with Crippen LogP contribution in [-0.2, 0) is 13.6 Å². The van der Waals surface area contributed by atoms with Crippen LogP contribution in [0.1, 0.15) is 44.6 Å². The van der Waals surface area contributed by atoms with E-state index in [0.29, 0.717) is 24.0 Å². The number of aryl methyl sites for hydroxylation is 1. The molecule has 0 fully saturated rings. The van der Waals surface area contributed by atoms with Crippen molar-refractivity contribution in [2.45, 2.75) is 39.7 Å². The highest BCUT2D eigenvalue weighted by Gasteiger charge is 2.12. The summed E-state index contributed by atoms with van der Waals surface area (Å²) >= 11 is 0. The van der Waals surface area contributed by atoms with Crippen molar-refractivity contribution in [1.82, 2.24) is 25.1 Å². The number of rotatable bonds is 7. The Bertz CT molecular complexity index is 579. The first-order valence-electron chi connectivity index (χ1n) is 7.33. The molecule has 0 amide bonds. The van der Waals surface area contributed by atoms with Gasteiger partial charge in [-0.1, -0.05) is 20.8 Å². The van der Waals surface area contributed by atoms with Crippen LogP contribution in [0, 0.1) is 0 Å². The average Bonchev–Trinajstić information content (AvgIpc) is 2.86. The molecule has 2 heterocycles. The highest BCUT2D eigenvalue weighted by Crippen LogP contribution is 2.24. The molecular formula is C15H23N5O. The Kier molecular flexibility index (Phi) is 5.27. The maximum Gasteiger partial charge on any atom is 0.168 e. The molecule has 114 valence electrons. The molecule has 0 aromatic carbocycles. The number of ether oxygens (including phenoxy) is 1. The Balaban J connectivity index is 2.20. The lowest BCUT2D eigenvalue weighted by molar-refractivity contribution is 0.462. The van der Waals surface area contributed by atoms with Gasteiger partial charge >= 0.3 is 0 Å². The first-order valence-corrected chi connectivity index (χ1v) is 7.33. The minimum absolute atomic E-state index is 0.294. The van der Waals surface area contributed by atoms with Gasteiger partial charge in [-0.05, 0) is 13.0 Å². The molecule has 0 radical (unpaired) electrons. The minimum Gasteiger partial charge on any atom is -0.450 e. The van der Waals surface area contributed by atoms with Crippen LogP contribution >= 0.6 is 0 Å². The van der Waals surface area contributed by atoms with E-state index < -0.39 is 0 Å². The van der Waals surface area contributed by atoms with Crippen LogP contribution in [0.4, 0.5) is 0 Å². The molecule has 21 heavy (non-hydrogen) atoms. The van der Waals surface area contributed by atoms with Crippen molar-refractivity contribution in [3.05, 3.63) is 30.1 Å². The number of nitrogens with zero attached hydrogens (tertiary/aromatic N) is 4. The lowest BCUT2D eigenvalue weighted by atomic mass is 10.2. The van der Waals surface area contributed by atoms with E-state index in [1.165, 1.54) is 0 Å². The fourth-order valence-corrected chi connectivity index (χ4v) is 1.87. The van der Waals surface area contributed by atoms with E-state index in [2.05, 4.69) is 41.2 Å². The summed E-state index contributed by atoms with van der Waals surface area (Å²) in [5, 5.41) is 7.46. The van der Waals surface area contributed by atoms with Crippen LogP contribution < -0.4 is 10.1 Å². The van der Waals surface area contributed by atoms with Gasteiger partial charge in [0.1, 0.15) is 11.5 Å². The van der Waals surface area contributed by atoms with Gasteiger partial charge in [0.05, 0.1) is 18.6 Å². The van der Waals surface area contributed by atoms with E-state index in [0.717, 1.165) is 24.5 Å². The van der Waals surface area contributed by atoms with E-state index in [1.54, 1.807) is 17.1 Å². The zero-order chi connectivity index (χ0) is 15.2. The molecule has 0 spiro atoms. The molecule has 0 aliphatic heterocycles. The molecule has 0 aliphatic carbocycles. The molecule has 0 bridgehead atoms. The molecule has 0 saturated carbocycles. The molecule has 6 nitrogen and oxygen atoms in total. The van der Waals surface area contributed by atoms with Gasteiger partial charge in [-0.2, -0.15) is 5.10 Å². The van der Waals surface area contributed by atoms with Gasteiger partial charge in [-0.25, -0.2) is 9.97 Å². The zero-order valence-corrected chi connectivity index (χ0v) is 13.1. The number of aromatic nitrogens is 4. The first kappa shape index (κ1) is 15.4. The molecule has 0 unspecified atom stereocenters. The Morgan fingerprint density at radius 2 is 2.14 bits per heavy atom. The summed E-state index contributed by atoms with van der Waals surface area (Å²) in [6, 6.07) is 0. The molecule has 2 rings (SSSR count). The number of hydrogen-bond donors (Lipinski definition) is 1. The third-order valence-electron chi connectivity index (χ3n) is 2.99. The van der Waals surface area contributed by atoms with E-state index in [-0.39, 0.29) is 0 Å². The third kappa shape index (κ3) is 4.26. The molecule has 2 aromatic heterocycles. The minimum atomic E-state index is 0.294. The van der Waals surface area contributed by atoms with Gasteiger partial charge in [0.25, 0.3) is 0 Å². The van der Waals surface area contributed by atoms with Gasteiger partial charge in [-0.3, -0.25) is 4.68 Å². The number of hydrogen-bond acceptors (Lipinski definition) is 5. The molecule has 0 aliphatic rings. The normalized spacial score (nSPS) is 11.1. The molecule has 0 saturated heterocycles. The summed E-state index contributed by atoms with van der Waals surface area (Å²) in [7, 11) is 1.86. The zero-order valence-electron chi connectivity index (χ0n) is 13.1. The van der Waals surface area contributed by atoms with Crippen LogP contribution in [0.2, 0.25) is 0 Å². The Morgan fingerprint density at radius 1 is 1.33 bits per heavy atom. The van der Waals surface area contributed by atoms with Gasteiger partial charge in [0.2, 0.25) is 0 Å². The van der Waals surface area contributed by atoms with Crippen molar-refractivity contribution in [3.63, 3.8) is 0 Å². The molecule has 0 atom stereocenters. The monoisotopic (exact) mass is 289 g/mol. The van der Waals surface area contributed by atoms with Crippen LogP contribution in [0.5, 0.6) is 11.5 Å². The summed E-state index contributed by atoms with van der Waals surface area (Å²) < 4.78 is 7.55. The van der Waals surface area contributed by atoms with Crippen molar-refractivity contribution in [3.8, 4) is 11.5 Å². The summed E-state index contributed by atoms with van der Waals surface area (Å²) in [5.74, 6) is 2.50. The van der Waals surface area contributed by atoms with Crippen molar-refractivity contribution < 1.29 is 4.74 Å². The number of nitrogens with one attached hydrogen (secondary N) is 1. The second-order valence-corrected chi connectivity index (χ2v) is 5.32. The van der Waals surface area contributed by atoms with Crippen LogP contribution in [0.25, 0.3) is 0 Å². The van der Waals surface area contributed by atoms with Gasteiger partial charge in [-0.15, -0.1) is 0 Å². The van der Waals surface area contributed by atoms with E-state index in [4.69, 9.17) is 4.74 Å². The van der Waals surface area contributed by atoms with Crippen molar-refractivity contribution in [2.24, 2.45) is 7.05 Å². The maximum atomic E-state index is 5.85. The summed E-state index contributed by atoms with van der Waals surface area (Å²) in [4.78, 5) is 9.00. The summed E-state index contributed by atoms with van der Waals surface area (Å²) in [5.41, 5.74) is 0.881. The second-order valence-electron chi connectivity index (χ2n) is 5.32. The Morgan fingerprint density at radius 3 is 2.76 bits per heavy atom. The van der Waals surface area contributed by atoms with Crippen LogP contribution in [-0.4, -0.2) is 26.3 Å². The largest absolute Gasteiger partial charge is 0.450 e. The lowest BCUT2D eigenvalue weighted by Crippen LogP contribution is -2.16. The lowest BCUT2D eigenvalue weighted by Gasteiger charge is -2.12. The quantitative estimate of drug-likeness (QED) is 0.794. The van der Waals surface area contributed by atoms with Crippen molar-refractivity contribution in [1.29, 1.82) is 0 Å². The summed E-state index contributed by atoms with van der Waals surface area (Å²) in [6.07, 6.45) is 6.33. The average molecular weight is 289 g/mol. The summed E-state index contributed by atoms with van der Waals surface area (Å²) in [6.45, 7) is 7.93. The maximum absolute atomic E-state index is 5.85. The van der Waals surface area contributed by atoms with E-state index in [1.807, 2.05) is 13.2 Å². The van der Waals surface area contributed by atoms with Crippen LogP contribution in [0.3, 0.4) is 0 Å². The third-order valence-corrected chi connectivity index (χ3v) is 2.99. The fourth-order valence-electron chi connectivity index (χ4n) is 1.87. The Hall–Kier alpha value is -1.95. The van der Waals surface area contributed by atoms with E-state index in [9.17, 15) is 0 Å². The first-order chi connectivity index (χ1) is 10.1. The predicted octanol–water partition coefficient (Wildman–Crippen LogP) is 2.63. The highest BCUT2D eigenvalue weighted by atomic mass is 16.5. The van der Waals surface area contributed by atoms with Gasteiger partial charge in [0.15, 0.2) is 11.5 Å². The standard InChI is InChI=1S/C15H23N5O/c1-5-6-16-8-13-14(9-17-15(19-13)11(2)3)21-12-7-18-20(4)10-12/h7,9-11,16H,5-6,8H2,1-4H3.